The van der Waals surface area contributed by atoms with Crippen molar-refractivity contribution < 1.29 is 4.79 Å². The van der Waals surface area contributed by atoms with Crippen LogP contribution in [0.5, 0.6) is 0 Å². The number of hydrazone groups is 1. The molecule has 0 unspecified atom stereocenters. The maximum Gasteiger partial charge on any atom is 0.243 e. The van der Waals surface area contributed by atoms with E-state index in [0.717, 1.165) is 37.8 Å². The molecule has 1 N–H and O–H groups in total. The van der Waals surface area contributed by atoms with Gasteiger partial charge in [-0.05, 0) is 37.7 Å². The van der Waals surface area contributed by atoms with Gasteiger partial charge in [-0.3, -0.25) is 4.79 Å². The summed E-state index contributed by atoms with van der Waals surface area (Å²) in [6.07, 6.45) is 8.87. The summed E-state index contributed by atoms with van der Waals surface area (Å²) < 4.78 is 0. The van der Waals surface area contributed by atoms with Crippen LogP contribution in [-0.2, 0) is 11.2 Å². The zero-order valence-corrected chi connectivity index (χ0v) is 11.9. The second-order valence-corrected chi connectivity index (χ2v) is 5.88. The maximum atomic E-state index is 12.1. The van der Waals surface area contributed by atoms with Gasteiger partial charge in [0, 0.05) is 11.5 Å². The van der Waals surface area contributed by atoms with Gasteiger partial charge in [0.1, 0.15) is 0 Å². The van der Waals surface area contributed by atoms with Crippen LogP contribution in [0.25, 0.3) is 0 Å². The highest BCUT2D eigenvalue weighted by Crippen LogP contribution is 2.24. The monoisotopic (exact) mass is 270 g/mol. The van der Waals surface area contributed by atoms with Gasteiger partial charge in [-0.2, -0.15) is 5.10 Å². The van der Waals surface area contributed by atoms with Crippen LogP contribution in [0.1, 0.15) is 56.1 Å². The minimum Gasteiger partial charge on any atom is -0.273 e. The average molecular weight is 270 g/mol. The Morgan fingerprint density at radius 2 is 1.85 bits per heavy atom. The quantitative estimate of drug-likeness (QED) is 0.822. The number of amides is 1. The van der Waals surface area contributed by atoms with Crippen molar-refractivity contribution in [1.82, 2.24) is 5.43 Å². The molecular formula is C17H22N2O. The molecule has 1 aromatic rings. The van der Waals surface area contributed by atoms with Gasteiger partial charge in [0.15, 0.2) is 0 Å². The Morgan fingerprint density at radius 1 is 1.05 bits per heavy atom. The fourth-order valence-electron chi connectivity index (χ4n) is 3.30. The Balaban J connectivity index is 1.69. The standard InChI is InChI=1S/C17H22N2O/c20-17(14-8-2-1-3-9-14)19-18-16-12-6-10-13-7-4-5-11-15(13)16/h4-5,7,11,14H,1-3,6,8-10,12H2,(H,19,20)/b18-16-. The van der Waals surface area contributed by atoms with E-state index in [1.54, 1.807) is 0 Å². The van der Waals surface area contributed by atoms with E-state index in [2.05, 4.69) is 28.7 Å². The molecule has 1 aromatic carbocycles. The van der Waals surface area contributed by atoms with E-state index in [1.807, 2.05) is 6.07 Å². The van der Waals surface area contributed by atoms with Crippen LogP contribution >= 0.6 is 0 Å². The highest BCUT2D eigenvalue weighted by Gasteiger charge is 2.21. The Hall–Kier alpha value is -1.64. The third kappa shape index (κ3) is 2.92. The number of nitrogens with one attached hydrogen (secondary N) is 1. The van der Waals surface area contributed by atoms with Gasteiger partial charge in [0.2, 0.25) is 5.91 Å². The predicted octanol–water partition coefficient (Wildman–Crippen LogP) is 3.42. The van der Waals surface area contributed by atoms with E-state index in [1.165, 1.54) is 30.4 Å². The van der Waals surface area contributed by atoms with E-state index >= 15 is 0 Å². The summed E-state index contributed by atoms with van der Waals surface area (Å²) >= 11 is 0. The highest BCUT2D eigenvalue weighted by molar-refractivity contribution is 6.03. The smallest absolute Gasteiger partial charge is 0.243 e. The summed E-state index contributed by atoms with van der Waals surface area (Å²) in [5, 5.41) is 4.42. The molecule has 0 saturated heterocycles. The number of carbonyl (C=O) groups is 1. The maximum absolute atomic E-state index is 12.1. The molecule has 3 nitrogen and oxygen atoms in total. The van der Waals surface area contributed by atoms with Gasteiger partial charge in [-0.25, -0.2) is 5.43 Å². The molecule has 1 amide bonds. The van der Waals surface area contributed by atoms with Crippen LogP contribution < -0.4 is 5.43 Å². The largest absolute Gasteiger partial charge is 0.273 e. The van der Waals surface area contributed by atoms with Crippen molar-refractivity contribution in [3.8, 4) is 0 Å². The Labute approximate surface area is 120 Å². The van der Waals surface area contributed by atoms with Gasteiger partial charge < -0.3 is 0 Å². The first kappa shape index (κ1) is 13.3. The number of hydrogen-bond acceptors (Lipinski definition) is 2. The molecule has 0 heterocycles. The average Bonchev–Trinajstić information content (AvgIpc) is 2.53. The van der Waals surface area contributed by atoms with E-state index < -0.39 is 0 Å². The topological polar surface area (TPSA) is 41.5 Å². The highest BCUT2D eigenvalue weighted by atomic mass is 16.2. The second-order valence-electron chi connectivity index (χ2n) is 5.88. The molecule has 0 atom stereocenters. The van der Waals surface area contributed by atoms with Crippen molar-refractivity contribution in [3.05, 3.63) is 35.4 Å². The lowest BCUT2D eigenvalue weighted by Gasteiger charge is -2.21. The molecule has 2 aliphatic carbocycles. The lowest BCUT2D eigenvalue weighted by molar-refractivity contribution is -0.125. The molecular weight excluding hydrogens is 248 g/mol. The lowest BCUT2D eigenvalue weighted by atomic mass is 9.89. The molecule has 106 valence electrons. The first-order valence-electron chi connectivity index (χ1n) is 7.79. The van der Waals surface area contributed by atoms with Gasteiger partial charge in [-0.15, -0.1) is 0 Å². The van der Waals surface area contributed by atoms with Gasteiger partial charge in [0.25, 0.3) is 0 Å². The molecule has 1 saturated carbocycles. The Kier molecular flexibility index (Phi) is 4.14. The molecule has 0 bridgehead atoms. The first-order chi connectivity index (χ1) is 9.84. The lowest BCUT2D eigenvalue weighted by Crippen LogP contribution is -2.29. The zero-order chi connectivity index (χ0) is 13.8. The molecule has 0 spiro atoms. The van der Waals surface area contributed by atoms with Crippen molar-refractivity contribution in [3.63, 3.8) is 0 Å². The summed E-state index contributed by atoms with van der Waals surface area (Å²) in [6, 6.07) is 8.39. The molecule has 0 aliphatic heterocycles. The summed E-state index contributed by atoms with van der Waals surface area (Å²) in [5.41, 5.74) is 6.41. The molecule has 20 heavy (non-hydrogen) atoms. The van der Waals surface area contributed by atoms with Crippen LogP contribution in [0.3, 0.4) is 0 Å². The zero-order valence-electron chi connectivity index (χ0n) is 11.9. The molecule has 0 aromatic heterocycles. The van der Waals surface area contributed by atoms with Crippen LogP contribution in [0.4, 0.5) is 0 Å². The normalized spacial score (nSPS) is 21.5. The van der Waals surface area contributed by atoms with Crippen molar-refractivity contribution in [2.75, 3.05) is 0 Å². The third-order valence-electron chi connectivity index (χ3n) is 4.46. The van der Waals surface area contributed by atoms with Gasteiger partial charge >= 0.3 is 0 Å². The number of benzene rings is 1. The van der Waals surface area contributed by atoms with E-state index in [9.17, 15) is 4.79 Å². The van der Waals surface area contributed by atoms with Crippen molar-refractivity contribution in [1.29, 1.82) is 0 Å². The Morgan fingerprint density at radius 3 is 2.70 bits per heavy atom. The van der Waals surface area contributed by atoms with E-state index in [-0.39, 0.29) is 11.8 Å². The van der Waals surface area contributed by atoms with Crippen LogP contribution in [0.15, 0.2) is 29.4 Å². The molecule has 3 rings (SSSR count). The number of carbonyl (C=O) groups excluding carboxylic acids is 1. The van der Waals surface area contributed by atoms with Crippen molar-refractivity contribution in [2.24, 2.45) is 11.0 Å². The summed E-state index contributed by atoms with van der Waals surface area (Å²) in [6.45, 7) is 0. The fraction of sp³-hybridized carbons (Fsp3) is 0.529. The fourth-order valence-corrected chi connectivity index (χ4v) is 3.30. The number of nitrogens with zero attached hydrogens (tertiary/aromatic N) is 1. The third-order valence-corrected chi connectivity index (χ3v) is 4.46. The second kappa shape index (κ2) is 6.21. The number of rotatable bonds is 2. The summed E-state index contributed by atoms with van der Waals surface area (Å²) in [7, 11) is 0. The van der Waals surface area contributed by atoms with Crippen molar-refractivity contribution >= 4 is 11.6 Å². The minimum atomic E-state index is 0.111. The molecule has 2 aliphatic rings. The summed E-state index contributed by atoms with van der Waals surface area (Å²) in [5.74, 6) is 0.284. The van der Waals surface area contributed by atoms with Crippen molar-refractivity contribution in [2.45, 2.75) is 51.4 Å². The number of aryl methyl sites for hydroxylation is 1. The van der Waals surface area contributed by atoms with Gasteiger partial charge in [0.05, 0.1) is 5.71 Å². The van der Waals surface area contributed by atoms with E-state index in [0.29, 0.717) is 0 Å². The molecule has 3 heteroatoms. The van der Waals surface area contributed by atoms with Crippen LogP contribution in [0.2, 0.25) is 0 Å². The molecule has 0 radical (unpaired) electrons. The number of hydrogen-bond donors (Lipinski definition) is 1. The number of fused-ring (bicyclic) bond motifs is 1. The SMILES string of the molecule is O=C(N/N=C1/CCCc2ccccc21)C1CCCCC1. The van der Waals surface area contributed by atoms with E-state index in [4.69, 9.17) is 0 Å². The first-order valence-corrected chi connectivity index (χ1v) is 7.79. The van der Waals surface area contributed by atoms with Crippen LogP contribution in [-0.4, -0.2) is 11.6 Å². The van der Waals surface area contributed by atoms with Gasteiger partial charge in [-0.1, -0.05) is 43.5 Å². The Bertz CT molecular complexity index is 515. The van der Waals surface area contributed by atoms with Crippen LogP contribution in [0, 0.1) is 5.92 Å². The minimum absolute atomic E-state index is 0.111. The summed E-state index contributed by atoms with van der Waals surface area (Å²) in [4.78, 5) is 12.1. The predicted molar refractivity (Wildman–Crippen MR) is 80.6 cm³/mol. The molecule has 1 fully saturated rings.